The van der Waals surface area contributed by atoms with Crippen LogP contribution in [0.3, 0.4) is 0 Å². The monoisotopic (exact) mass is 580 g/mol. The largest absolute Gasteiger partial charge is 0.394 e. The van der Waals surface area contributed by atoms with Crippen LogP contribution in [0.5, 0.6) is 0 Å². The van der Waals surface area contributed by atoms with E-state index in [2.05, 4.69) is 24.1 Å². The summed E-state index contributed by atoms with van der Waals surface area (Å²) in [6.07, 6.45) is -2.59. The van der Waals surface area contributed by atoms with E-state index in [4.69, 9.17) is 0 Å². The zero-order valence-corrected chi connectivity index (χ0v) is 24.1. The molecule has 1 heterocycles. The fourth-order valence-corrected chi connectivity index (χ4v) is 7.08. The van der Waals surface area contributed by atoms with Gasteiger partial charge in [-0.1, -0.05) is 39.0 Å². The molecule has 1 unspecified atom stereocenters. The number of aliphatic hydroxyl groups excluding tert-OH is 1. The molecule has 2 aromatic carbocycles. The topological polar surface area (TPSA) is 86.7 Å². The van der Waals surface area contributed by atoms with Gasteiger partial charge in [0.1, 0.15) is 0 Å². The van der Waals surface area contributed by atoms with Gasteiger partial charge in [0.05, 0.1) is 29.2 Å². The molecule has 1 fully saturated rings. The Balaban J connectivity index is 1.44. The average Bonchev–Trinajstić information content (AvgIpc) is 3.28. The van der Waals surface area contributed by atoms with Gasteiger partial charge in [0.15, 0.2) is 9.84 Å². The molecule has 4 rings (SSSR count). The third-order valence-electron chi connectivity index (χ3n) is 8.43. The molecule has 2 N–H and O–H groups in total. The number of aliphatic hydroxyl groups is 1. The number of nitrogens with one attached hydrogen (secondary N) is 1. The van der Waals surface area contributed by atoms with Crippen molar-refractivity contribution in [2.24, 2.45) is 17.8 Å². The highest BCUT2D eigenvalue weighted by Crippen LogP contribution is 2.43. The molecule has 0 aromatic heterocycles. The number of sulfone groups is 1. The predicted octanol–water partition coefficient (Wildman–Crippen LogP) is 5.83. The Labute approximate surface area is 234 Å². The van der Waals surface area contributed by atoms with E-state index >= 15 is 0 Å². The highest BCUT2D eigenvalue weighted by atomic mass is 32.2. The molecule has 0 radical (unpaired) electrons. The molecular formula is C30H39F3N2O4S. The third-order valence-corrected chi connectivity index (χ3v) is 10.2. The molecule has 2 atom stereocenters. The van der Waals surface area contributed by atoms with Gasteiger partial charge in [0.2, 0.25) is 0 Å². The summed E-state index contributed by atoms with van der Waals surface area (Å²) in [4.78, 5) is 15.7. The minimum absolute atomic E-state index is 0.0148. The summed E-state index contributed by atoms with van der Waals surface area (Å²) >= 11 is 0. The SMILES string of the molecule is CCS(=O)(=O)c1ccc([C@@H](CO)NC(=O)c2ccc3c(c2)CN(CC2CCC(C(F)(F)F)CC2)C3C(C)C)cc1. The van der Waals surface area contributed by atoms with Gasteiger partial charge in [-0.05, 0) is 78.5 Å². The first kappa shape index (κ1) is 30.5. The Bertz CT molecular complexity index is 1290. The van der Waals surface area contributed by atoms with Crippen LogP contribution in [-0.4, -0.2) is 49.4 Å². The Morgan fingerprint density at radius 1 is 1.07 bits per heavy atom. The van der Waals surface area contributed by atoms with Crippen molar-refractivity contribution in [2.75, 3.05) is 18.9 Å². The van der Waals surface area contributed by atoms with Crippen molar-refractivity contribution in [3.63, 3.8) is 0 Å². The van der Waals surface area contributed by atoms with Crippen LogP contribution in [0.2, 0.25) is 0 Å². The fourth-order valence-electron chi connectivity index (χ4n) is 6.20. The number of rotatable bonds is 9. The van der Waals surface area contributed by atoms with Crippen molar-refractivity contribution in [1.29, 1.82) is 0 Å². The van der Waals surface area contributed by atoms with Crippen LogP contribution in [0.4, 0.5) is 13.2 Å². The number of halogens is 3. The summed E-state index contributed by atoms with van der Waals surface area (Å²) in [5, 5.41) is 12.8. The second-order valence-electron chi connectivity index (χ2n) is 11.5. The summed E-state index contributed by atoms with van der Waals surface area (Å²) in [6, 6.07) is 11.2. The highest BCUT2D eigenvalue weighted by Gasteiger charge is 2.42. The second-order valence-corrected chi connectivity index (χ2v) is 13.8. The Kier molecular flexibility index (Phi) is 9.31. The van der Waals surface area contributed by atoms with Crippen LogP contribution < -0.4 is 5.32 Å². The molecule has 10 heteroatoms. The van der Waals surface area contributed by atoms with E-state index in [1.165, 1.54) is 12.1 Å². The lowest BCUT2D eigenvalue weighted by atomic mass is 9.81. The number of carbonyl (C=O) groups excluding carboxylic acids is 1. The van der Waals surface area contributed by atoms with Gasteiger partial charge in [0, 0.05) is 24.7 Å². The van der Waals surface area contributed by atoms with Gasteiger partial charge in [-0.25, -0.2) is 8.42 Å². The van der Waals surface area contributed by atoms with Gasteiger partial charge in [-0.3, -0.25) is 9.69 Å². The summed E-state index contributed by atoms with van der Waals surface area (Å²) < 4.78 is 63.5. The number of amides is 1. The first-order chi connectivity index (χ1) is 18.8. The molecule has 6 nitrogen and oxygen atoms in total. The van der Waals surface area contributed by atoms with Crippen LogP contribution in [0.25, 0.3) is 0 Å². The van der Waals surface area contributed by atoms with Gasteiger partial charge in [0.25, 0.3) is 5.91 Å². The Hall–Kier alpha value is -2.43. The summed E-state index contributed by atoms with van der Waals surface area (Å²) in [5.74, 6) is -1.03. The Morgan fingerprint density at radius 2 is 1.73 bits per heavy atom. The maximum atomic E-state index is 13.2. The van der Waals surface area contributed by atoms with Crippen LogP contribution in [0, 0.1) is 17.8 Å². The molecule has 0 bridgehead atoms. The van der Waals surface area contributed by atoms with Gasteiger partial charge in [-0.2, -0.15) is 13.2 Å². The maximum absolute atomic E-state index is 13.2. The van der Waals surface area contributed by atoms with Crippen LogP contribution in [-0.2, 0) is 16.4 Å². The van der Waals surface area contributed by atoms with Crippen molar-refractivity contribution >= 4 is 15.7 Å². The van der Waals surface area contributed by atoms with Crippen molar-refractivity contribution < 1.29 is 31.5 Å². The number of benzene rings is 2. The highest BCUT2D eigenvalue weighted by molar-refractivity contribution is 7.91. The standard InChI is InChI=1S/C30H39F3N2O4S/c1-4-40(38,39)25-12-7-21(8-13-25)27(18-36)34-29(37)22-9-14-26-23(15-22)17-35(28(26)19(2)3)16-20-5-10-24(11-6-20)30(31,32)33/h7-9,12-15,19-20,24,27-28,36H,4-6,10-11,16-18H2,1-3H3,(H,34,37)/t20?,24?,27-,28?/m1/s1. The van der Waals surface area contributed by atoms with Gasteiger partial charge < -0.3 is 10.4 Å². The maximum Gasteiger partial charge on any atom is 0.391 e. The molecule has 2 aliphatic rings. The van der Waals surface area contributed by atoms with E-state index in [0.29, 0.717) is 36.4 Å². The molecule has 220 valence electrons. The van der Waals surface area contributed by atoms with Crippen molar-refractivity contribution in [3.8, 4) is 0 Å². The zero-order valence-electron chi connectivity index (χ0n) is 23.2. The average molecular weight is 581 g/mol. The second kappa shape index (κ2) is 12.2. The molecule has 2 aromatic rings. The molecule has 1 amide bonds. The first-order valence-electron chi connectivity index (χ1n) is 14.0. The van der Waals surface area contributed by atoms with E-state index in [1.807, 2.05) is 12.1 Å². The molecule has 0 spiro atoms. The van der Waals surface area contributed by atoms with Crippen LogP contribution >= 0.6 is 0 Å². The number of alkyl halides is 3. The normalized spacial score (nSPS) is 22.8. The number of hydrogen-bond donors (Lipinski definition) is 2. The molecule has 1 saturated carbocycles. The number of hydrogen-bond acceptors (Lipinski definition) is 5. The first-order valence-corrected chi connectivity index (χ1v) is 15.7. The lowest BCUT2D eigenvalue weighted by Gasteiger charge is -2.35. The zero-order chi connectivity index (χ0) is 29.2. The molecule has 1 aliphatic carbocycles. The third kappa shape index (κ3) is 6.71. The Morgan fingerprint density at radius 3 is 2.27 bits per heavy atom. The van der Waals surface area contributed by atoms with Gasteiger partial charge >= 0.3 is 6.18 Å². The van der Waals surface area contributed by atoms with E-state index in [1.54, 1.807) is 25.1 Å². The number of carbonyl (C=O) groups is 1. The smallest absolute Gasteiger partial charge is 0.391 e. The lowest BCUT2D eigenvalue weighted by Crippen LogP contribution is -2.34. The number of fused-ring (bicyclic) bond motifs is 1. The van der Waals surface area contributed by atoms with Crippen molar-refractivity contribution in [3.05, 3.63) is 64.7 Å². The minimum Gasteiger partial charge on any atom is -0.394 e. The lowest BCUT2D eigenvalue weighted by molar-refractivity contribution is -0.184. The van der Waals surface area contributed by atoms with E-state index in [9.17, 15) is 31.5 Å². The van der Waals surface area contributed by atoms with Gasteiger partial charge in [-0.15, -0.1) is 0 Å². The van der Waals surface area contributed by atoms with Crippen LogP contribution in [0.15, 0.2) is 47.4 Å². The van der Waals surface area contributed by atoms with E-state index in [0.717, 1.165) is 17.7 Å². The summed E-state index contributed by atoms with van der Waals surface area (Å²) in [5.41, 5.74) is 3.22. The van der Waals surface area contributed by atoms with E-state index in [-0.39, 0.29) is 48.0 Å². The number of nitrogens with zero attached hydrogens (tertiary/aromatic N) is 1. The predicted molar refractivity (Wildman–Crippen MR) is 147 cm³/mol. The quantitative estimate of drug-likeness (QED) is 0.390. The van der Waals surface area contributed by atoms with Crippen LogP contribution in [0.1, 0.15) is 85.6 Å². The van der Waals surface area contributed by atoms with Crippen molar-refractivity contribution in [1.82, 2.24) is 10.2 Å². The summed E-state index contributed by atoms with van der Waals surface area (Å²) in [6.45, 7) is 6.86. The molecular weight excluding hydrogens is 541 g/mol. The fraction of sp³-hybridized carbons (Fsp3) is 0.567. The van der Waals surface area contributed by atoms with Crippen molar-refractivity contribution in [2.45, 2.75) is 76.2 Å². The van der Waals surface area contributed by atoms with E-state index < -0.39 is 28.0 Å². The molecule has 0 saturated heterocycles. The molecule has 40 heavy (non-hydrogen) atoms. The summed E-state index contributed by atoms with van der Waals surface area (Å²) in [7, 11) is -3.35. The minimum atomic E-state index is -4.11. The molecule has 1 aliphatic heterocycles.